The number of hydrogen-bond acceptors (Lipinski definition) is 1. The van der Waals surface area contributed by atoms with E-state index in [2.05, 4.69) is 13.5 Å². The van der Waals surface area contributed by atoms with Crippen LogP contribution in [-0.4, -0.2) is 13.2 Å². The van der Waals surface area contributed by atoms with Gasteiger partial charge in [-0.05, 0) is 12.8 Å². The van der Waals surface area contributed by atoms with Crippen molar-refractivity contribution in [2.24, 2.45) is 0 Å². The van der Waals surface area contributed by atoms with Crippen LogP contribution in [0.25, 0.3) is 0 Å². The van der Waals surface area contributed by atoms with Gasteiger partial charge in [-0.25, -0.2) is 0 Å². The summed E-state index contributed by atoms with van der Waals surface area (Å²) in [6.07, 6.45) is 9.47. The third-order valence-electron chi connectivity index (χ3n) is 1.86. The molecule has 0 aliphatic carbocycles. The molecule has 0 atom stereocenters. The Morgan fingerprint density at radius 2 is 1.83 bits per heavy atom. The minimum Gasteiger partial charge on any atom is -0.381 e. The van der Waals surface area contributed by atoms with Crippen LogP contribution in [-0.2, 0) is 4.74 Å². The van der Waals surface area contributed by atoms with Crippen molar-refractivity contribution in [2.45, 2.75) is 45.4 Å². The summed E-state index contributed by atoms with van der Waals surface area (Å²) >= 11 is 0. The standard InChI is InChI=1S/C11H22O/c1-3-5-7-8-9-11-12-10-6-4-2/h4H,2-3,5-11H2,1H3. The van der Waals surface area contributed by atoms with Gasteiger partial charge in [0.05, 0.1) is 0 Å². The van der Waals surface area contributed by atoms with E-state index in [0.29, 0.717) is 0 Å². The van der Waals surface area contributed by atoms with Gasteiger partial charge in [0.25, 0.3) is 0 Å². The van der Waals surface area contributed by atoms with E-state index in [1.165, 1.54) is 32.1 Å². The molecule has 0 saturated heterocycles. The molecule has 72 valence electrons. The summed E-state index contributed by atoms with van der Waals surface area (Å²) < 4.78 is 5.38. The summed E-state index contributed by atoms with van der Waals surface area (Å²) in [5.41, 5.74) is 0. The van der Waals surface area contributed by atoms with Gasteiger partial charge in [-0.2, -0.15) is 0 Å². The molecule has 0 rings (SSSR count). The van der Waals surface area contributed by atoms with Gasteiger partial charge < -0.3 is 4.74 Å². The molecule has 1 heteroatoms. The van der Waals surface area contributed by atoms with Gasteiger partial charge in [0.15, 0.2) is 0 Å². The van der Waals surface area contributed by atoms with Crippen LogP contribution >= 0.6 is 0 Å². The monoisotopic (exact) mass is 170 g/mol. The van der Waals surface area contributed by atoms with Crippen LogP contribution in [0.4, 0.5) is 0 Å². The second-order valence-corrected chi connectivity index (χ2v) is 3.10. The third-order valence-corrected chi connectivity index (χ3v) is 1.86. The fourth-order valence-corrected chi connectivity index (χ4v) is 1.08. The molecular weight excluding hydrogens is 148 g/mol. The van der Waals surface area contributed by atoms with E-state index in [1.807, 2.05) is 6.08 Å². The molecule has 0 spiro atoms. The van der Waals surface area contributed by atoms with Crippen molar-refractivity contribution in [3.05, 3.63) is 12.7 Å². The van der Waals surface area contributed by atoms with Crippen molar-refractivity contribution in [3.8, 4) is 0 Å². The fraction of sp³-hybridized carbons (Fsp3) is 0.818. The topological polar surface area (TPSA) is 9.23 Å². The first-order valence-corrected chi connectivity index (χ1v) is 5.10. The molecule has 0 aromatic heterocycles. The SMILES string of the molecule is C=CCCOCCCCCCC. The Labute approximate surface area is 76.8 Å². The van der Waals surface area contributed by atoms with Crippen molar-refractivity contribution in [3.63, 3.8) is 0 Å². The van der Waals surface area contributed by atoms with E-state index in [-0.39, 0.29) is 0 Å². The van der Waals surface area contributed by atoms with Gasteiger partial charge in [0.2, 0.25) is 0 Å². The lowest BCUT2D eigenvalue weighted by Crippen LogP contribution is -1.95. The summed E-state index contributed by atoms with van der Waals surface area (Å²) in [5.74, 6) is 0. The normalized spacial score (nSPS) is 10.1. The van der Waals surface area contributed by atoms with Crippen LogP contribution in [0.5, 0.6) is 0 Å². The largest absolute Gasteiger partial charge is 0.381 e. The first-order valence-electron chi connectivity index (χ1n) is 5.10. The molecule has 0 saturated carbocycles. The van der Waals surface area contributed by atoms with Crippen LogP contribution in [0.2, 0.25) is 0 Å². The van der Waals surface area contributed by atoms with Crippen molar-refractivity contribution < 1.29 is 4.74 Å². The third kappa shape index (κ3) is 9.70. The average Bonchev–Trinajstić information content (AvgIpc) is 2.10. The summed E-state index contributed by atoms with van der Waals surface area (Å²) in [7, 11) is 0. The highest BCUT2D eigenvalue weighted by atomic mass is 16.5. The Hall–Kier alpha value is -0.300. The molecule has 1 nitrogen and oxygen atoms in total. The van der Waals surface area contributed by atoms with Crippen LogP contribution in [0.1, 0.15) is 45.4 Å². The summed E-state index contributed by atoms with van der Waals surface area (Å²) in [5, 5.41) is 0. The molecule has 0 heterocycles. The maximum atomic E-state index is 5.38. The van der Waals surface area contributed by atoms with E-state index >= 15 is 0 Å². The lowest BCUT2D eigenvalue weighted by atomic mass is 10.2. The molecule has 0 N–H and O–H groups in total. The lowest BCUT2D eigenvalue weighted by molar-refractivity contribution is 0.134. The maximum absolute atomic E-state index is 5.38. The number of ether oxygens (including phenoxy) is 1. The fourth-order valence-electron chi connectivity index (χ4n) is 1.08. The smallest absolute Gasteiger partial charge is 0.0500 e. The van der Waals surface area contributed by atoms with E-state index in [4.69, 9.17) is 4.74 Å². The second-order valence-electron chi connectivity index (χ2n) is 3.10. The van der Waals surface area contributed by atoms with Crippen molar-refractivity contribution in [2.75, 3.05) is 13.2 Å². The number of rotatable bonds is 9. The highest BCUT2D eigenvalue weighted by Crippen LogP contribution is 2.02. The predicted octanol–water partition coefficient (Wildman–Crippen LogP) is 3.55. The van der Waals surface area contributed by atoms with Gasteiger partial charge in [-0.3, -0.25) is 0 Å². The molecule has 0 fully saturated rings. The minimum absolute atomic E-state index is 0.845. The van der Waals surface area contributed by atoms with E-state index < -0.39 is 0 Å². The second kappa shape index (κ2) is 10.7. The zero-order chi connectivity index (χ0) is 9.07. The zero-order valence-electron chi connectivity index (χ0n) is 8.35. The Morgan fingerprint density at radius 1 is 1.08 bits per heavy atom. The van der Waals surface area contributed by atoms with Crippen molar-refractivity contribution in [1.29, 1.82) is 0 Å². The molecular formula is C11H22O. The Kier molecular flexibility index (Phi) is 10.4. The van der Waals surface area contributed by atoms with Crippen LogP contribution in [0.3, 0.4) is 0 Å². The summed E-state index contributed by atoms with van der Waals surface area (Å²) in [6, 6.07) is 0. The molecule has 0 unspecified atom stereocenters. The van der Waals surface area contributed by atoms with Crippen LogP contribution in [0.15, 0.2) is 12.7 Å². The maximum Gasteiger partial charge on any atom is 0.0500 e. The molecule has 12 heavy (non-hydrogen) atoms. The van der Waals surface area contributed by atoms with Gasteiger partial charge in [0, 0.05) is 13.2 Å². The minimum atomic E-state index is 0.845. The molecule has 0 aromatic rings. The van der Waals surface area contributed by atoms with Gasteiger partial charge in [-0.1, -0.05) is 38.7 Å². The predicted molar refractivity (Wildman–Crippen MR) is 54.4 cm³/mol. The Morgan fingerprint density at radius 3 is 2.50 bits per heavy atom. The number of hydrogen-bond donors (Lipinski definition) is 0. The van der Waals surface area contributed by atoms with E-state index in [1.54, 1.807) is 0 Å². The summed E-state index contributed by atoms with van der Waals surface area (Å²) in [4.78, 5) is 0. The lowest BCUT2D eigenvalue weighted by Gasteiger charge is -2.01. The van der Waals surface area contributed by atoms with Crippen LogP contribution in [0, 0.1) is 0 Å². The van der Waals surface area contributed by atoms with Gasteiger partial charge in [0.1, 0.15) is 0 Å². The zero-order valence-corrected chi connectivity index (χ0v) is 8.35. The summed E-state index contributed by atoms with van der Waals surface area (Å²) in [6.45, 7) is 7.65. The van der Waals surface area contributed by atoms with Gasteiger partial charge >= 0.3 is 0 Å². The molecule has 0 aromatic carbocycles. The molecule has 0 radical (unpaired) electrons. The highest BCUT2D eigenvalue weighted by molar-refractivity contribution is 4.64. The van der Waals surface area contributed by atoms with Gasteiger partial charge in [-0.15, -0.1) is 6.58 Å². The van der Waals surface area contributed by atoms with E-state index in [9.17, 15) is 0 Å². The first-order chi connectivity index (χ1) is 5.91. The van der Waals surface area contributed by atoms with Crippen molar-refractivity contribution >= 4 is 0 Å². The first kappa shape index (κ1) is 11.7. The van der Waals surface area contributed by atoms with Crippen LogP contribution < -0.4 is 0 Å². The highest BCUT2D eigenvalue weighted by Gasteiger charge is 1.88. The molecule has 0 aliphatic rings. The Balaban J connectivity index is 2.77. The molecule has 0 bridgehead atoms. The van der Waals surface area contributed by atoms with E-state index in [0.717, 1.165) is 19.6 Å². The quantitative estimate of drug-likeness (QED) is 0.380. The molecule has 0 amide bonds. The number of unbranched alkanes of at least 4 members (excludes halogenated alkanes) is 4. The molecule has 0 aliphatic heterocycles. The Bertz CT molecular complexity index is 89.0. The van der Waals surface area contributed by atoms with Crippen molar-refractivity contribution in [1.82, 2.24) is 0 Å². The average molecular weight is 170 g/mol.